The van der Waals surface area contributed by atoms with Gasteiger partial charge in [0.25, 0.3) is 5.91 Å². The third-order valence-corrected chi connectivity index (χ3v) is 6.38. The molecule has 0 saturated heterocycles. The van der Waals surface area contributed by atoms with Crippen molar-refractivity contribution in [3.05, 3.63) is 70.9 Å². The van der Waals surface area contributed by atoms with Crippen LogP contribution in [0.2, 0.25) is 0 Å². The molecule has 7 heteroatoms. The summed E-state index contributed by atoms with van der Waals surface area (Å²) in [7, 11) is 0. The fraction of sp³-hybridized carbons (Fsp3) is 0.320. The average molecular weight is 432 g/mol. The lowest BCUT2D eigenvalue weighted by Gasteiger charge is -2.27. The number of benzene rings is 2. The van der Waals surface area contributed by atoms with Gasteiger partial charge in [0, 0.05) is 34.6 Å². The molecule has 1 saturated carbocycles. The first-order valence-electron chi connectivity index (χ1n) is 11.0. The molecule has 0 unspecified atom stereocenters. The van der Waals surface area contributed by atoms with Gasteiger partial charge in [-0.3, -0.25) is 15.0 Å². The van der Waals surface area contributed by atoms with Crippen LogP contribution in [0.5, 0.6) is 0 Å². The van der Waals surface area contributed by atoms with Gasteiger partial charge in [-0.15, -0.1) is 0 Å². The smallest absolute Gasteiger partial charge is 0.268 e. The monoisotopic (exact) mass is 431 g/mol. The highest BCUT2D eigenvalue weighted by Gasteiger charge is 2.23. The summed E-state index contributed by atoms with van der Waals surface area (Å²) in [6, 6.07) is 14.6. The fourth-order valence-corrected chi connectivity index (χ4v) is 4.40. The van der Waals surface area contributed by atoms with E-state index in [1.165, 1.54) is 0 Å². The number of nitrogens with zero attached hydrogens (tertiary/aromatic N) is 1. The van der Waals surface area contributed by atoms with Crippen molar-refractivity contribution in [2.24, 2.45) is 17.4 Å². The summed E-state index contributed by atoms with van der Waals surface area (Å²) < 4.78 is 1.95. The maximum atomic E-state index is 13.3. The highest BCUT2D eigenvalue weighted by atomic mass is 16.2. The van der Waals surface area contributed by atoms with Crippen molar-refractivity contribution in [2.45, 2.75) is 45.2 Å². The van der Waals surface area contributed by atoms with Crippen LogP contribution in [0.4, 0.5) is 0 Å². The molecular formula is C25H29N5O2. The molecule has 1 aromatic heterocycles. The van der Waals surface area contributed by atoms with E-state index in [1.54, 1.807) is 18.2 Å². The van der Waals surface area contributed by atoms with Gasteiger partial charge in [-0.05, 0) is 61.4 Å². The molecule has 1 fully saturated rings. The van der Waals surface area contributed by atoms with Crippen LogP contribution in [0.3, 0.4) is 0 Å². The standard InChI is InChI=1S/C25H29N5O2/c1-15-2-10-20(11-3-15)29-25(32)22-12-18-8-9-19(23(26)27)13-21(18)30(22)14-16-4-6-17(7-5-16)24(28)31/h4-9,12-13,15,20H,2-3,10-11,14H2,1H3,(H3,26,27)(H2,28,31)(H,29,32)/t15-,20-. The van der Waals surface area contributed by atoms with Gasteiger partial charge in [0.15, 0.2) is 0 Å². The summed E-state index contributed by atoms with van der Waals surface area (Å²) in [4.78, 5) is 24.7. The number of fused-ring (bicyclic) bond motifs is 1. The Balaban J connectivity index is 1.69. The van der Waals surface area contributed by atoms with E-state index in [0.717, 1.165) is 42.1 Å². The van der Waals surface area contributed by atoms with Crippen LogP contribution in [0.1, 0.15) is 64.6 Å². The molecule has 1 aliphatic carbocycles. The average Bonchev–Trinajstić information content (AvgIpc) is 3.13. The second-order valence-corrected chi connectivity index (χ2v) is 8.79. The third kappa shape index (κ3) is 4.51. The van der Waals surface area contributed by atoms with Crippen LogP contribution >= 0.6 is 0 Å². The van der Waals surface area contributed by atoms with Crippen LogP contribution in [-0.2, 0) is 6.54 Å². The summed E-state index contributed by atoms with van der Waals surface area (Å²) in [5.41, 5.74) is 14.4. The summed E-state index contributed by atoms with van der Waals surface area (Å²) >= 11 is 0. The number of nitrogens with one attached hydrogen (secondary N) is 2. The molecule has 6 N–H and O–H groups in total. The first kappa shape index (κ1) is 21.6. The van der Waals surface area contributed by atoms with Crippen molar-refractivity contribution >= 4 is 28.6 Å². The molecule has 3 aromatic rings. The van der Waals surface area contributed by atoms with Crippen molar-refractivity contribution < 1.29 is 9.59 Å². The number of carbonyl (C=O) groups excluding carboxylic acids is 2. The van der Waals surface area contributed by atoms with Crippen LogP contribution < -0.4 is 16.8 Å². The SMILES string of the molecule is C[C@H]1CC[C@H](NC(=O)c2cc3ccc(C(=N)N)cc3n2Cc2ccc(C(N)=O)cc2)CC1. The van der Waals surface area contributed by atoms with E-state index < -0.39 is 5.91 Å². The largest absolute Gasteiger partial charge is 0.384 e. The minimum absolute atomic E-state index is 0.0206. The fourth-order valence-electron chi connectivity index (χ4n) is 4.40. The third-order valence-electron chi connectivity index (χ3n) is 6.38. The summed E-state index contributed by atoms with van der Waals surface area (Å²) in [6.07, 6.45) is 4.25. The number of nitrogen functional groups attached to an aromatic ring is 1. The minimum Gasteiger partial charge on any atom is -0.384 e. The predicted octanol–water partition coefficient (Wildman–Crippen LogP) is 3.38. The molecule has 1 aliphatic rings. The van der Waals surface area contributed by atoms with Gasteiger partial charge < -0.3 is 21.4 Å². The van der Waals surface area contributed by atoms with Gasteiger partial charge in [0.2, 0.25) is 5.91 Å². The predicted molar refractivity (Wildman–Crippen MR) is 126 cm³/mol. The molecule has 32 heavy (non-hydrogen) atoms. The first-order chi connectivity index (χ1) is 15.3. The summed E-state index contributed by atoms with van der Waals surface area (Å²) in [5, 5.41) is 11.9. The van der Waals surface area contributed by atoms with Crippen LogP contribution in [0.25, 0.3) is 10.9 Å². The van der Waals surface area contributed by atoms with Gasteiger partial charge in [-0.25, -0.2) is 0 Å². The summed E-state index contributed by atoms with van der Waals surface area (Å²) in [5.74, 6) is 0.116. The van der Waals surface area contributed by atoms with Crippen molar-refractivity contribution in [1.29, 1.82) is 5.41 Å². The molecule has 166 valence electrons. The number of hydrogen-bond donors (Lipinski definition) is 4. The second-order valence-electron chi connectivity index (χ2n) is 8.79. The zero-order chi connectivity index (χ0) is 22.8. The zero-order valence-corrected chi connectivity index (χ0v) is 18.2. The van der Waals surface area contributed by atoms with Crippen LogP contribution in [0, 0.1) is 11.3 Å². The molecular weight excluding hydrogens is 402 g/mol. The van der Waals surface area contributed by atoms with Gasteiger partial charge >= 0.3 is 0 Å². The number of primary amides is 1. The molecule has 0 radical (unpaired) electrons. The van der Waals surface area contributed by atoms with Crippen LogP contribution in [-0.4, -0.2) is 28.3 Å². The minimum atomic E-state index is -0.476. The molecule has 2 amide bonds. The lowest BCUT2D eigenvalue weighted by Crippen LogP contribution is -2.38. The van der Waals surface area contributed by atoms with Crippen molar-refractivity contribution in [3.8, 4) is 0 Å². The highest BCUT2D eigenvalue weighted by molar-refractivity contribution is 6.02. The highest BCUT2D eigenvalue weighted by Crippen LogP contribution is 2.26. The topological polar surface area (TPSA) is 127 Å². The molecule has 0 spiro atoms. The molecule has 4 rings (SSSR count). The van der Waals surface area contributed by atoms with E-state index >= 15 is 0 Å². The maximum absolute atomic E-state index is 13.3. The zero-order valence-electron chi connectivity index (χ0n) is 18.2. The van der Waals surface area contributed by atoms with Gasteiger partial charge in [-0.1, -0.05) is 31.2 Å². The Morgan fingerprint density at radius 2 is 1.66 bits per heavy atom. The second kappa shape index (κ2) is 8.86. The number of hydrogen-bond acceptors (Lipinski definition) is 3. The summed E-state index contributed by atoms with van der Waals surface area (Å²) in [6.45, 7) is 2.69. The first-order valence-corrected chi connectivity index (χ1v) is 11.0. The Hall–Kier alpha value is -3.61. The Bertz CT molecular complexity index is 1170. The van der Waals surface area contributed by atoms with Gasteiger partial charge in [0.1, 0.15) is 11.5 Å². The molecule has 7 nitrogen and oxygen atoms in total. The van der Waals surface area contributed by atoms with E-state index in [-0.39, 0.29) is 17.8 Å². The Labute approximate surface area is 187 Å². The number of aromatic nitrogens is 1. The normalized spacial score (nSPS) is 18.4. The van der Waals surface area contributed by atoms with Gasteiger partial charge in [-0.2, -0.15) is 0 Å². The van der Waals surface area contributed by atoms with E-state index in [9.17, 15) is 9.59 Å². The molecule has 2 aromatic carbocycles. The van der Waals surface area contributed by atoms with E-state index in [2.05, 4.69) is 12.2 Å². The van der Waals surface area contributed by atoms with E-state index in [0.29, 0.717) is 29.3 Å². The van der Waals surface area contributed by atoms with Gasteiger partial charge in [0.05, 0.1) is 0 Å². The van der Waals surface area contributed by atoms with Crippen molar-refractivity contribution in [3.63, 3.8) is 0 Å². The van der Waals surface area contributed by atoms with Crippen LogP contribution in [0.15, 0.2) is 48.5 Å². The molecule has 0 aliphatic heterocycles. The lowest BCUT2D eigenvalue weighted by molar-refractivity contribution is 0.0913. The number of rotatable bonds is 6. The Morgan fingerprint density at radius 1 is 1.00 bits per heavy atom. The van der Waals surface area contributed by atoms with Crippen molar-refractivity contribution in [2.75, 3.05) is 0 Å². The van der Waals surface area contributed by atoms with Crippen molar-refractivity contribution in [1.82, 2.24) is 9.88 Å². The molecule has 0 bridgehead atoms. The maximum Gasteiger partial charge on any atom is 0.268 e. The number of amides is 2. The number of nitrogens with two attached hydrogens (primary N) is 2. The Morgan fingerprint density at radius 3 is 2.28 bits per heavy atom. The Kier molecular flexibility index (Phi) is 5.99. The van der Waals surface area contributed by atoms with E-state index in [4.69, 9.17) is 16.9 Å². The molecule has 1 heterocycles. The quantitative estimate of drug-likeness (QED) is 0.353. The van der Waals surface area contributed by atoms with E-state index in [1.807, 2.05) is 34.9 Å². The number of carbonyl (C=O) groups is 2. The lowest BCUT2D eigenvalue weighted by atomic mass is 9.87. The number of amidine groups is 1. The molecule has 0 atom stereocenters.